The van der Waals surface area contributed by atoms with Crippen LogP contribution < -0.4 is 5.32 Å². The second-order valence-corrected chi connectivity index (χ2v) is 8.99. The van der Waals surface area contributed by atoms with Crippen LogP contribution >= 0.6 is 11.8 Å². The molecule has 1 N–H and O–H groups in total. The lowest BCUT2D eigenvalue weighted by Crippen LogP contribution is -2.52. The number of rotatable bonds is 6. The fourth-order valence-electron chi connectivity index (χ4n) is 5.09. The number of hydrogen-bond acceptors (Lipinski definition) is 5. The molecule has 2 amide bonds. The van der Waals surface area contributed by atoms with E-state index < -0.39 is 0 Å². The summed E-state index contributed by atoms with van der Waals surface area (Å²) in [4.78, 5) is 31.5. The number of thioether (sulfide) groups is 1. The van der Waals surface area contributed by atoms with E-state index in [0.717, 1.165) is 18.4 Å². The number of pyridine rings is 1. The van der Waals surface area contributed by atoms with Crippen LogP contribution in [0.5, 0.6) is 0 Å². The van der Waals surface area contributed by atoms with Gasteiger partial charge in [0, 0.05) is 37.5 Å². The van der Waals surface area contributed by atoms with E-state index in [1.165, 1.54) is 5.56 Å². The fraction of sp³-hybridized carbons (Fsp3) is 0.458. The van der Waals surface area contributed by atoms with Gasteiger partial charge in [0.2, 0.25) is 5.91 Å². The van der Waals surface area contributed by atoms with Crippen LogP contribution in [0.2, 0.25) is 0 Å². The normalized spacial score (nSPS) is 21.7. The molecule has 2 atom stereocenters. The molecule has 2 aromatic rings. The minimum absolute atomic E-state index is 0.151. The SMILES string of the molecule is CCO[C@H]1[C@H](NC(=O)c2cccnc2)c2ccccc2C12CCN(C(=O)CSC)CC2. The molecule has 0 bridgehead atoms. The zero-order valence-corrected chi connectivity index (χ0v) is 18.9. The summed E-state index contributed by atoms with van der Waals surface area (Å²) in [5.74, 6) is 0.563. The van der Waals surface area contributed by atoms with Crippen molar-refractivity contribution >= 4 is 23.6 Å². The highest BCUT2D eigenvalue weighted by Gasteiger charge is 2.54. The molecule has 1 aromatic heterocycles. The van der Waals surface area contributed by atoms with Gasteiger partial charge < -0.3 is 15.0 Å². The molecule has 1 aliphatic heterocycles. The molecule has 4 rings (SSSR count). The number of nitrogens with zero attached hydrogens (tertiary/aromatic N) is 2. The maximum atomic E-state index is 13.0. The summed E-state index contributed by atoms with van der Waals surface area (Å²) < 4.78 is 6.33. The average molecular weight is 440 g/mol. The van der Waals surface area contributed by atoms with Crippen LogP contribution in [0.15, 0.2) is 48.8 Å². The molecule has 1 spiro atoms. The summed E-state index contributed by atoms with van der Waals surface area (Å²) in [5.41, 5.74) is 2.67. The van der Waals surface area contributed by atoms with Gasteiger partial charge in [-0.3, -0.25) is 14.6 Å². The molecule has 2 heterocycles. The van der Waals surface area contributed by atoms with E-state index in [1.807, 2.05) is 24.1 Å². The summed E-state index contributed by atoms with van der Waals surface area (Å²) in [6.07, 6.45) is 6.68. The summed E-state index contributed by atoms with van der Waals surface area (Å²) in [6.45, 7) is 3.98. The summed E-state index contributed by atoms with van der Waals surface area (Å²) >= 11 is 1.56. The number of benzene rings is 1. The molecular weight excluding hydrogens is 410 g/mol. The zero-order valence-electron chi connectivity index (χ0n) is 18.0. The standard InChI is InChI=1S/C24H29N3O3S/c1-3-30-22-21(26-23(29)17-7-6-12-25-15-17)18-8-4-5-9-19(18)24(22)10-13-27(14-11-24)20(28)16-31-2/h4-9,12,15,21-22H,3,10-11,13-14,16H2,1-2H3,(H,26,29)/t21-,22+/m1/s1. The van der Waals surface area contributed by atoms with Gasteiger partial charge in [-0.05, 0) is 49.3 Å². The van der Waals surface area contributed by atoms with E-state index in [-0.39, 0.29) is 29.4 Å². The van der Waals surface area contributed by atoms with Crippen LogP contribution in [0.4, 0.5) is 0 Å². The predicted octanol–water partition coefficient (Wildman–Crippen LogP) is 3.19. The van der Waals surface area contributed by atoms with Crippen LogP contribution in [0.1, 0.15) is 47.3 Å². The first kappa shape index (κ1) is 21.8. The van der Waals surface area contributed by atoms with Crippen molar-refractivity contribution in [1.82, 2.24) is 15.2 Å². The number of nitrogens with one attached hydrogen (secondary N) is 1. The largest absolute Gasteiger partial charge is 0.375 e. The fourth-order valence-corrected chi connectivity index (χ4v) is 5.52. The molecule has 1 aromatic carbocycles. The molecule has 31 heavy (non-hydrogen) atoms. The Hall–Kier alpha value is -2.38. The van der Waals surface area contributed by atoms with E-state index >= 15 is 0 Å². The molecule has 1 saturated heterocycles. The topological polar surface area (TPSA) is 71.5 Å². The smallest absolute Gasteiger partial charge is 0.253 e. The van der Waals surface area contributed by atoms with Gasteiger partial charge >= 0.3 is 0 Å². The minimum Gasteiger partial charge on any atom is -0.375 e. The maximum Gasteiger partial charge on any atom is 0.253 e. The number of piperidine rings is 1. The minimum atomic E-state index is -0.239. The molecule has 1 fully saturated rings. The van der Waals surface area contributed by atoms with Gasteiger partial charge in [-0.1, -0.05) is 24.3 Å². The Bertz CT molecular complexity index is 929. The van der Waals surface area contributed by atoms with Crippen molar-refractivity contribution in [2.75, 3.05) is 31.7 Å². The predicted molar refractivity (Wildman–Crippen MR) is 122 cm³/mol. The number of carbonyl (C=O) groups is 2. The van der Waals surface area contributed by atoms with Crippen LogP contribution in [0.25, 0.3) is 0 Å². The van der Waals surface area contributed by atoms with Gasteiger partial charge in [0.1, 0.15) is 0 Å². The van der Waals surface area contributed by atoms with E-state index in [9.17, 15) is 9.59 Å². The van der Waals surface area contributed by atoms with Crippen molar-refractivity contribution in [2.24, 2.45) is 0 Å². The lowest BCUT2D eigenvalue weighted by molar-refractivity contribution is -0.131. The molecular formula is C24H29N3O3S. The Labute approximate surface area is 187 Å². The number of aromatic nitrogens is 1. The molecule has 0 unspecified atom stereocenters. The first-order valence-electron chi connectivity index (χ1n) is 10.8. The Balaban J connectivity index is 1.64. The van der Waals surface area contributed by atoms with Crippen molar-refractivity contribution in [2.45, 2.75) is 37.3 Å². The number of carbonyl (C=O) groups excluding carboxylic acids is 2. The van der Waals surface area contributed by atoms with Crippen molar-refractivity contribution in [3.63, 3.8) is 0 Å². The molecule has 7 heteroatoms. The third-order valence-corrected chi connectivity index (χ3v) is 7.05. The second-order valence-electron chi connectivity index (χ2n) is 8.13. The monoisotopic (exact) mass is 439 g/mol. The van der Waals surface area contributed by atoms with Gasteiger partial charge in [-0.25, -0.2) is 0 Å². The Morgan fingerprint density at radius 1 is 1.23 bits per heavy atom. The zero-order chi connectivity index (χ0) is 21.8. The van der Waals surface area contributed by atoms with E-state index in [1.54, 1.807) is 36.3 Å². The number of amides is 2. The average Bonchev–Trinajstić information content (AvgIpc) is 3.04. The van der Waals surface area contributed by atoms with Gasteiger partial charge in [0.15, 0.2) is 0 Å². The quantitative estimate of drug-likeness (QED) is 0.749. The molecule has 1 aliphatic carbocycles. The number of fused-ring (bicyclic) bond motifs is 2. The van der Waals surface area contributed by atoms with Crippen molar-refractivity contribution in [3.05, 3.63) is 65.5 Å². The van der Waals surface area contributed by atoms with Crippen LogP contribution in [-0.4, -0.2) is 59.5 Å². The Morgan fingerprint density at radius 3 is 2.68 bits per heavy atom. The van der Waals surface area contributed by atoms with Gasteiger partial charge in [-0.2, -0.15) is 11.8 Å². The van der Waals surface area contributed by atoms with Gasteiger partial charge in [-0.15, -0.1) is 0 Å². The first-order valence-corrected chi connectivity index (χ1v) is 12.2. The van der Waals surface area contributed by atoms with Crippen molar-refractivity contribution < 1.29 is 14.3 Å². The Kier molecular flexibility index (Phi) is 6.62. The highest BCUT2D eigenvalue weighted by molar-refractivity contribution is 7.99. The van der Waals surface area contributed by atoms with Crippen LogP contribution in [0, 0.1) is 0 Å². The lowest BCUT2D eigenvalue weighted by Gasteiger charge is -2.44. The van der Waals surface area contributed by atoms with Gasteiger partial charge in [0.05, 0.1) is 23.5 Å². The van der Waals surface area contributed by atoms with Crippen molar-refractivity contribution in [1.29, 1.82) is 0 Å². The Morgan fingerprint density at radius 2 is 2.00 bits per heavy atom. The number of hydrogen-bond donors (Lipinski definition) is 1. The summed E-state index contributed by atoms with van der Waals surface area (Å²) in [7, 11) is 0. The second kappa shape index (κ2) is 9.40. The number of ether oxygens (including phenoxy) is 1. The van der Waals surface area contributed by atoms with E-state index in [2.05, 4.69) is 28.5 Å². The third kappa shape index (κ3) is 4.08. The third-order valence-electron chi connectivity index (χ3n) is 6.51. The first-order chi connectivity index (χ1) is 15.1. The maximum absolute atomic E-state index is 13.0. The molecule has 0 saturated carbocycles. The molecule has 164 valence electrons. The van der Waals surface area contributed by atoms with Crippen molar-refractivity contribution in [3.8, 4) is 0 Å². The van der Waals surface area contributed by atoms with Gasteiger partial charge in [0.25, 0.3) is 5.91 Å². The highest BCUT2D eigenvalue weighted by atomic mass is 32.2. The molecule has 6 nitrogen and oxygen atoms in total. The van der Waals surface area contributed by atoms with Crippen LogP contribution in [0.3, 0.4) is 0 Å². The van der Waals surface area contributed by atoms with Crippen LogP contribution in [-0.2, 0) is 14.9 Å². The summed E-state index contributed by atoms with van der Waals surface area (Å²) in [5, 5.41) is 3.22. The van der Waals surface area contributed by atoms with E-state index in [4.69, 9.17) is 4.74 Å². The summed E-state index contributed by atoms with van der Waals surface area (Å²) in [6, 6.07) is 11.6. The highest BCUT2D eigenvalue weighted by Crippen LogP contribution is 2.52. The van der Waals surface area contributed by atoms with E-state index in [0.29, 0.717) is 31.0 Å². The molecule has 2 aliphatic rings. The lowest BCUT2D eigenvalue weighted by atomic mass is 9.72. The number of likely N-dealkylation sites (tertiary alicyclic amines) is 1. The molecule has 0 radical (unpaired) electrons.